The van der Waals surface area contributed by atoms with E-state index in [1.54, 1.807) is 24.0 Å². The summed E-state index contributed by atoms with van der Waals surface area (Å²) in [6.07, 6.45) is 3.30. The third-order valence-corrected chi connectivity index (χ3v) is 2.84. The number of esters is 1. The molecule has 2 aromatic rings. The Kier molecular flexibility index (Phi) is 4.16. The van der Waals surface area contributed by atoms with Gasteiger partial charge in [-0.1, -0.05) is 0 Å². The molecule has 0 saturated carbocycles. The van der Waals surface area contributed by atoms with Gasteiger partial charge in [0, 0.05) is 16.9 Å². The molecule has 0 aliphatic rings. The molecule has 0 aromatic carbocycles. The fourth-order valence-electron chi connectivity index (χ4n) is 1.54. The molecule has 100 valence electrons. The first-order valence-electron chi connectivity index (χ1n) is 5.70. The highest BCUT2D eigenvalue weighted by Crippen LogP contribution is 2.13. The van der Waals surface area contributed by atoms with E-state index < -0.39 is 5.97 Å². The van der Waals surface area contributed by atoms with Crippen molar-refractivity contribution in [1.82, 2.24) is 14.8 Å². The Morgan fingerprint density at radius 3 is 2.95 bits per heavy atom. The van der Waals surface area contributed by atoms with Crippen molar-refractivity contribution in [3.05, 3.63) is 40.4 Å². The number of pyridine rings is 1. The molecule has 2 aromatic heterocycles. The molecular weight excluding hydrogens is 312 g/mol. The van der Waals surface area contributed by atoms with E-state index in [0.717, 1.165) is 10.2 Å². The Morgan fingerprint density at radius 1 is 1.53 bits per heavy atom. The summed E-state index contributed by atoms with van der Waals surface area (Å²) in [5.41, 5.74) is 7.00. The first-order chi connectivity index (χ1) is 9.10. The van der Waals surface area contributed by atoms with Crippen LogP contribution in [-0.2, 0) is 11.3 Å². The van der Waals surface area contributed by atoms with E-state index in [1.165, 1.54) is 0 Å². The Bertz CT molecular complexity index is 580. The number of anilines is 1. The number of rotatable bonds is 4. The van der Waals surface area contributed by atoms with Crippen molar-refractivity contribution in [2.24, 2.45) is 0 Å². The number of aromatic nitrogens is 3. The Labute approximate surface area is 118 Å². The Balaban J connectivity index is 2.16. The lowest BCUT2D eigenvalue weighted by molar-refractivity contribution is 0.0519. The summed E-state index contributed by atoms with van der Waals surface area (Å²) in [5, 5.41) is 4.11. The van der Waals surface area contributed by atoms with Gasteiger partial charge in [0.1, 0.15) is 0 Å². The molecule has 19 heavy (non-hydrogen) atoms. The quantitative estimate of drug-likeness (QED) is 0.868. The van der Waals surface area contributed by atoms with E-state index in [2.05, 4.69) is 26.0 Å². The van der Waals surface area contributed by atoms with Crippen molar-refractivity contribution in [2.45, 2.75) is 13.5 Å². The van der Waals surface area contributed by atoms with Crippen LogP contribution in [0.5, 0.6) is 0 Å². The lowest BCUT2D eigenvalue weighted by Gasteiger charge is -2.01. The van der Waals surface area contributed by atoms with Gasteiger partial charge < -0.3 is 10.5 Å². The number of nitrogens with two attached hydrogens (primary N) is 1. The molecular formula is C12H13BrN4O2. The van der Waals surface area contributed by atoms with E-state index in [9.17, 15) is 4.79 Å². The zero-order valence-corrected chi connectivity index (χ0v) is 11.9. The number of carbonyl (C=O) groups excluding carboxylic acids is 1. The highest BCUT2D eigenvalue weighted by atomic mass is 79.9. The van der Waals surface area contributed by atoms with Crippen LogP contribution in [0.3, 0.4) is 0 Å². The number of ether oxygens (including phenoxy) is 1. The highest BCUT2D eigenvalue weighted by molar-refractivity contribution is 9.10. The summed E-state index contributed by atoms with van der Waals surface area (Å²) >= 11 is 3.32. The van der Waals surface area contributed by atoms with Crippen LogP contribution >= 0.6 is 15.9 Å². The van der Waals surface area contributed by atoms with E-state index in [-0.39, 0.29) is 5.69 Å². The molecule has 0 radical (unpaired) electrons. The van der Waals surface area contributed by atoms with Crippen LogP contribution in [0.15, 0.2) is 29.0 Å². The average molecular weight is 325 g/mol. The van der Waals surface area contributed by atoms with E-state index in [0.29, 0.717) is 18.8 Å². The van der Waals surface area contributed by atoms with Crippen LogP contribution in [0.2, 0.25) is 0 Å². The SMILES string of the molecule is CCOC(=O)c1nn(Cc2ccc(Br)cn2)cc1N. The third kappa shape index (κ3) is 3.31. The van der Waals surface area contributed by atoms with E-state index in [1.807, 2.05) is 12.1 Å². The van der Waals surface area contributed by atoms with Gasteiger partial charge in [-0.3, -0.25) is 9.67 Å². The lowest BCUT2D eigenvalue weighted by atomic mass is 10.3. The average Bonchev–Trinajstić information content (AvgIpc) is 2.74. The van der Waals surface area contributed by atoms with Gasteiger partial charge in [0.2, 0.25) is 0 Å². The Morgan fingerprint density at radius 2 is 2.32 bits per heavy atom. The van der Waals surface area contributed by atoms with Crippen LogP contribution in [0, 0.1) is 0 Å². The number of nitrogens with zero attached hydrogens (tertiary/aromatic N) is 3. The van der Waals surface area contributed by atoms with Gasteiger partial charge in [-0.05, 0) is 35.0 Å². The van der Waals surface area contributed by atoms with Gasteiger partial charge in [0.25, 0.3) is 0 Å². The fourth-order valence-corrected chi connectivity index (χ4v) is 1.78. The predicted octanol–water partition coefficient (Wildman–Crippen LogP) is 1.85. The van der Waals surface area contributed by atoms with Crippen molar-refractivity contribution >= 4 is 27.6 Å². The number of halogens is 1. The molecule has 6 nitrogen and oxygen atoms in total. The van der Waals surface area contributed by atoms with Gasteiger partial charge >= 0.3 is 5.97 Å². The van der Waals surface area contributed by atoms with Crippen molar-refractivity contribution < 1.29 is 9.53 Å². The maximum Gasteiger partial charge on any atom is 0.361 e. The van der Waals surface area contributed by atoms with Gasteiger partial charge in [-0.25, -0.2) is 4.79 Å². The zero-order valence-electron chi connectivity index (χ0n) is 10.3. The van der Waals surface area contributed by atoms with Crippen molar-refractivity contribution in [3.63, 3.8) is 0 Å². The smallest absolute Gasteiger partial charge is 0.361 e. The number of carbonyl (C=O) groups is 1. The standard InChI is InChI=1S/C12H13BrN4O2/c1-2-19-12(18)11-10(14)7-17(16-11)6-9-4-3-8(13)5-15-9/h3-5,7H,2,6,14H2,1H3. The monoisotopic (exact) mass is 324 g/mol. The molecule has 7 heteroatoms. The molecule has 0 unspecified atom stereocenters. The summed E-state index contributed by atoms with van der Waals surface area (Å²) in [7, 11) is 0. The Hall–Kier alpha value is -1.89. The fraction of sp³-hybridized carbons (Fsp3) is 0.250. The minimum atomic E-state index is -0.512. The maximum atomic E-state index is 11.6. The van der Waals surface area contributed by atoms with Crippen LogP contribution in [0.1, 0.15) is 23.1 Å². The minimum absolute atomic E-state index is 0.138. The summed E-state index contributed by atoms with van der Waals surface area (Å²) < 4.78 is 7.34. The first-order valence-corrected chi connectivity index (χ1v) is 6.50. The molecule has 0 spiro atoms. The largest absolute Gasteiger partial charge is 0.461 e. The predicted molar refractivity (Wildman–Crippen MR) is 73.6 cm³/mol. The van der Waals surface area contributed by atoms with Gasteiger partial charge in [-0.15, -0.1) is 0 Å². The van der Waals surface area contributed by atoms with Crippen LogP contribution in [0.4, 0.5) is 5.69 Å². The van der Waals surface area contributed by atoms with Gasteiger partial charge in [0.05, 0.1) is 24.5 Å². The number of hydrogen-bond donors (Lipinski definition) is 1. The molecule has 0 aliphatic heterocycles. The number of nitrogen functional groups attached to an aromatic ring is 1. The summed E-state index contributed by atoms with van der Waals surface area (Å²) in [6.45, 7) is 2.47. The molecule has 0 aliphatic carbocycles. The third-order valence-electron chi connectivity index (χ3n) is 2.37. The van der Waals surface area contributed by atoms with E-state index in [4.69, 9.17) is 10.5 Å². The van der Waals surface area contributed by atoms with Crippen molar-refractivity contribution in [3.8, 4) is 0 Å². The van der Waals surface area contributed by atoms with Crippen LogP contribution < -0.4 is 5.73 Å². The van der Waals surface area contributed by atoms with Gasteiger partial charge in [-0.2, -0.15) is 5.10 Å². The van der Waals surface area contributed by atoms with Crippen molar-refractivity contribution in [2.75, 3.05) is 12.3 Å². The number of hydrogen-bond acceptors (Lipinski definition) is 5. The first kappa shape index (κ1) is 13.5. The summed E-state index contributed by atoms with van der Waals surface area (Å²) in [5.74, 6) is -0.512. The lowest BCUT2D eigenvalue weighted by Crippen LogP contribution is -2.09. The second-order valence-electron chi connectivity index (χ2n) is 3.82. The molecule has 2 N–H and O–H groups in total. The zero-order chi connectivity index (χ0) is 13.8. The second kappa shape index (κ2) is 5.83. The molecule has 0 amide bonds. The van der Waals surface area contributed by atoms with Gasteiger partial charge in [0.15, 0.2) is 5.69 Å². The summed E-state index contributed by atoms with van der Waals surface area (Å²) in [6, 6.07) is 3.76. The molecule has 0 atom stereocenters. The molecule has 2 rings (SSSR count). The van der Waals surface area contributed by atoms with Crippen LogP contribution in [0.25, 0.3) is 0 Å². The van der Waals surface area contributed by atoms with Crippen molar-refractivity contribution in [1.29, 1.82) is 0 Å². The summed E-state index contributed by atoms with van der Waals surface area (Å²) in [4.78, 5) is 15.8. The molecule has 0 saturated heterocycles. The highest BCUT2D eigenvalue weighted by Gasteiger charge is 2.16. The molecule has 0 fully saturated rings. The maximum absolute atomic E-state index is 11.6. The minimum Gasteiger partial charge on any atom is -0.461 e. The van der Waals surface area contributed by atoms with Crippen LogP contribution in [-0.4, -0.2) is 27.3 Å². The molecule has 2 heterocycles. The normalized spacial score (nSPS) is 10.4. The van der Waals surface area contributed by atoms with E-state index >= 15 is 0 Å². The topological polar surface area (TPSA) is 83.0 Å². The second-order valence-corrected chi connectivity index (χ2v) is 4.73. The molecule has 0 bridgehead atoms.